The first-order valence-corrected chi connectivity index (χ1v) is 8.82. The monoisotopic (exact) mass is 345 g/mol. The molecule has 2 aromatic rings. The number of nitrogens with two attached hydrogens (primary N) is 1. The van der Waals surface area contributed by atoms with Gasteiger partial charge in [0.1, 0.15) is 12.4 Å². The first-order valence-electron chi connectivity index (χ1n) is 7.84. The van der Waals surface area contributed by atoms with E-state index < -0.39 is 11.9 Å². The number of thioether (sulfide) groups is 1. The van der Waals surface area contributed by atoms with Gasteiger partial charge >= 0.3 is 0 Å². The normalized spacial score (nSPS) is 17.7. The number of para-hydroxylation sites is 1. The summed E-state index contributed by atoms with van der Waals surface area (Å²) in [4.78, 5) is 25.6. The van der Waals surface area contributed by atoms with Gasteiger partial charge in [-0.1, -0.05) is 30.0 Å². The van der Waals surface area contributed by atoms with Gasteiger partial charge in [-0.2, -0.15) is 0 Å². The van der Waals surface area contributed by atoms with E-state index in [9.17, 15) is 9.59 Å². The first kappa shape index (κ1) is 16.5. The van der Waals surface area contributed by atoms with Gasteiger partial charge < -0.3 is 10.6 Å². The summed E-state index contributed by atoms with van der Waals surface area (Å²) in [6.07, 6.45) is 4.09. The minimum Gasteiger partial charge on any atom is -0.368 e. The molecule has 0 bridgehead atoms. The van der Waals surface area contributed by atoms with Crippen molar-refractivity contribution in [2.45, 2.75) is 30.5 Å². The highest BCUT2D eigenvalue weighted by molar-refractivity contribution is 7.99. The number of primary amides is 1. The van der Waals surface area contributed by atoms with E-state index >= 15 is 0 Å². The summed E-state index contributed by atoms with van der Waals surface area (Å²) in [5.41, 5.74) is 6.36. The SMILES string of the molecule is NC(=O)[C@H]1CCCCN1C(=O)CSc1nncn1-c1ccccc1. The number of amides is 2. The summed E-state index contributed by atoms with van der Waals surface area (Å²) in [5.74, 6) is -0.318. The van der Waals surface area contributed by atoms with Crippen LogP contribution < -0.4 is 5.73 Å². The molecule has 24 heavy (non-hydrogen) atoms. The van der Waals surface area contributed by atoms with Crippen molar-refractivity contribution in [1.82, 2.24) is 19.7 Å². The number of hydrogen-bond donors (Lipinski definition) is 1. The second-order valence-electron chi connectivity index (χ2n) is 5.61. The first-order chi connectivity index (χ1) is 11.7. The minimum atomic E-state index is -0.487. The van der Waals surface area contributed by atoms with Crippen molar-refractivity contribution >= 4 is 23.6 Å². The topological polar surface area (TPSA) is 94.1 Å². The van der Waals surface area contributed by atoms with Gasteiger partial charge in [-0.3, -0.25) is 14.2 Å². The Bertz CT molecular complexity index is 718. The van der Waals surface area contributed by atoms with Crippen molar-refractivity contribution in [2.75, 3.05) is 12.3 Å². The standard InChI is InChI=1S/C16H19N5O2S/c17-15(23)13-8-4-5-9-20(13)14(22)10-24-16-19-18-11-21(16)12-6-2-1-3-7-12/h1-3,6-7,11,13H,4-5,8-10H2,(H2,17,23)/t13-/m1/s1. The smallest absolute Gasteiger partial charge is 0.240 e. The molecule has 1 saturated heterocycles. The van der Waals surface area contributed by atoms with Gasteiger partial charge in [-0.05, 0) is 31.4 Å². The Kier molecular flexibility index (Phi) is 5.14. The number of likely N-dealkylation sites (tertiary alicyclic amines) is 1. The molecule has 2 N–H and O–H groups in total. The highest BCUT2D eigenvalue weighted by atomic mass is 32.2. The molecular weight excluding hydrogens is 326 g/mol. The zero-order chi connectivity index (χ0) is 16.9. The lowest BCUT2D eigenvalue weighted by Gasteiger charge is -2.33. The van der Waals surface area contributed by atoms with Crippen LogP contribution in [-0.4, -0.2) is 49.8 Å². The Morgan fingerprint density at radius 3 is 2.79 bits per heavy atom. The van der Waals surface area contributed by atoms with Crippen molar-refractivity contribution in [3.05, 3.63) is 36.7 Å². The second-order valence-corrected chi connectivity index (χ2v) is 6.55. The van der Waals surface area contributed by atoms with E-state index in [0.717, 1.165) is 18.5 Å². The van der Waals surface area contributed by atoms with Gasteiger partial charge in [0.05, 0.1) is 5.75 Å². The molecule has 1 aliphatic rings. The summed E-state index contributed by atoms with van der Waals surface area (Å²) in [6, 6.07) is 9.20. The van der Waals surface area contributed by atoms with Gasteiger partial charge in [-0.25, -0.2) is 0 Å². The molecular formula is C16H19N5O2S. The zero-order valence-electron chi connectivity index (χ0n) is 13.2. The maximum absolute atomic E-state index is 12.5. The Morgan fingerprint density at radius 2 is 2.04 bits per heavy atom. The number of carbonyl (C=O) groups is 2. The van der Waals surface area contributed by atoms with E-state index in [0.29, 0.717) is 18.1 Å². The number of benzene rings is 1. The molecule has 0 spiro atoms. The third-order valence-corrected chi connectivity index (χ3v) is 4.95. The molecule has 7 nitrogen and oxygen atoms in total. The van der Waals surface area contributed by atoms with Crippen LogP contribution in [0.3, 0.4) is 0 Å². The van der Waals surface area contributed by atoms with E-state index in [1.54, 1.807) is 11.2 Å². The maximum atomic E-state index is 12.5. The molecule has 1 atom stereocenters. The molecule has 1 aromatic heterocycles. The van der Waals surface area contributed by atoms with Crippen LogP contribution in [0.15, 0.2) is 41.8 Å². The Labute approximate surface area is 144 Å². The lowest BCUT2D eigenvalue weighted by molar-refractivity contribution is -0.138. The molecule has 0 saturated carbocycles. The molecule has 0 unspecified atom stereocenters. The van der Waals surface area contributed by atoms with Gasteiger partial charge in [0.25, 0.3) is 0 Å². The van der Waals surface area contributed by atoms with Crippen LogP contribution in [0.5, 0.6) is 0 Å². The van der Waals surface area contributed by atoms with Gasteiger partial charge in [0, 0.05) is 12.2 Å². The second kappa shape index (κ2) is 7.48. The predicted octanol–water partition coefficient (Wildman–Crippen LogP) is 1.23. The van der Waals surface area contributed by atoms with Crippen LogP contribution in [0.25, 0.3) is 5.69 Å². The predicted molar refractivity (Wildman–Crippen MR) is 90.6 cm³/mol. The fraction of sp³-hybridized carbons (Fsp3) is 0.375. The average Bonchev–Trinajstić information content (AvgIpc) is 3.09. The number of aromatic nitrogens is 3. The quantitative estimate of drug-likeness (QED) is 0.823. The summed E-state index contributed by atoms with van der Waals surface area (Å²) in [7, 11) is 0. The van der Waals surface area contributed by atoms with Gasteiger partial charge in [0.15, 0.2) is 5.16 Å². The average molecular weight is 345 g/mol. The highest BCUT2D eigenvalue weighted by Gasteiger charge is 2.30. The number of nitrogens with zero attached hydrogens (tertiary/aromatic N) is 4. The van der Waals surface area contributed by atoms with Crippen LogP contribution in [-0.2, 0) is 9.59 Å². The minimum absolute atomic E-state index is 0.0916. The van der Waals surface area contributed by atoms with Crippen molar-refractivity contribution in [1.29, 1.82) is 0 Å². The molecule has 1 aromatic carbocycles. The number of piperidine rings is 1. The van der Waals surface area contributed by atoms with Crippen molar-refractivity contribution < 1.29 is 9.59 Å². The molecule has 3 rings (SSSR count). The molecule has 2 heterocycles. The molecule has 126 valence electrons. The van der Waals surface area contributed by atoms with Gasteiger partial charge in [-0.15, -0.1) is 10.2 Å². The molecule has 0 aliphatic carbocycles. The van der Waals surface area contributed by atoms with E-state index in [1.807, 2.05) is 34.9 Å². The van der Waals surface area contributed by atoms with Crippen LogP contribution in [0, 0.1) is 0 Å². The van der Waals surface area contributed by atoms with Crippen LogP contribution in [0.2, 0.25) is 0 Å². The van der Waals surface area contributed by atoms with Crippen LogP contribution in [0.4, 0.5) is 0 Å². The van der Waals surface area contributed by atoms with Crippen LogP contribution in [0.1, 0.15) is 19.3 Å². The molecule has 2 amide bonds. The molecule has 1 fully saturated rings. The number of rotatable bonds is 5. The summed E-state index contributed by atoms with van der Waals surface area (Å²) >= 11 is 1.31. The third-order valence-electron chi connectivity index (χ3n) is 4.03. The lowest BCUT2D eigenvalue weighted by atomic mass is 10.0. The van der Waals surface area contributed by atoms with Crippen molar-refractivity contribution in [3.8, 4) is 5.69 Å². The summed E-state index contributed by atoms with van der Waals surface area (Å²) in [5, 5.41) is 8.64. The summed E-state index contributed by atoms with van der Waals surface area (Å²) < 4.78 is 1.83. The molecule has 1 aliphatic heterocycles. The van der Waals surface area contributed by atoms with Crippen LogP contribution >= 0.6 is 11.8 Å². The van der Waals surface area contributed by atoms with Crippen molar-refractivity contribution in [3.63, 3.8) is 0 Å². The molecule has 8 heteroatoms. The Morgan fingerprint density at radius 1 is 1.25 bits per heavy atom. The fourth-order valence-corrected chi connectivity index (χ4v) is 3.64. The van der Waals surface area contributed by atoms with E-state index in [2.05, 4.69) is 10.2 Å². The number of carbonyl (C=O) groups excluding carboxylic acids is 2. The van der Waals surface area contributed by atoms with E-state index in [1.165, 1.54) is 11.8 Å². The number of hydrogen-bond acceptors (Lipinski definition) is 5. The largest absolute Gasteiger partial charge is 0.368 e. The lowest BCUT2D eigenvalue weighted by Crippen LogP contribution is -2.51. The zero-order valence-corrected chi connectivity index (χ0v) is 14.0. The Balaban J connectivity index is 1.67. The van der Waals surface area contributed by atoms with E-state index in [4.69, 9.17) is 5.73 Å². The van der Waals surface area contributed by atoms with Crippen molar-refractivity contribution in [2.24, 2.45) is 5.73 Å². The third kappa shape index (κ3) is 3.59. The highest BCUT2D eigenvalue weighted by Crippen LogP contribution is 2.22. The fourth-order valence-electron chi connectivity index (χ4n) is 2.82. The van der Waals surface area contributed by atoms with E-state index in [-0.39, 0.29) is 11.7 Å². The molecule has 0 radical (unpaired) electrons. The summed E-state index contributed by atoms with van der Waals surface area (Å²) in [6.45, 7) is 0.582. The van der Waals surface area contributed by atoms with Gasteiger partial charge in [0.2, 0.25) is 11.8 Å². The Hall–Kier alpha value is -2.35. The maximum Gasteiger partial charge on any atom is 0.240 e.